The number of aliphatic hydroxyl groups excluding tert-OH is 2. The highest BCUT2D eigenvalue weighted by Gasteiger charge is 2.14. The summed E-state index contributed by atoms with van der Waals surface area (Å²) in [6.45, 7) is 1.01. The average Bonchev–Trinajstić information content (AvgIpc) is 2.52. The Morgan fingerprint density at radius 1 is 0.650 bits per heavy atom. The first-order valence-corrected chi connectivity index (χ1v) is 6.66. The van der Waals surface area contributed by atoms with Crippen LogP contribution in [0.3, 0.4) is 0 Å². The normalized spacial score (nSPS) is 13.9. The van der Waals surface area contributed by atoms with Gasteiger partial charge in [0.1, 0.15) is 12.5 Å². The Kier molecular flexibility index (Phi) is 5.70. The molecular formula is C16H20N2O2. The second-order valence-corrected chi connectivity index (χ2v) is 4.62. The van der Waals surface area contributed by atoms with Crippen molar-refractivity contribution in [2.24, 2.45) is 0 Å². The third-order valence-electron chi connectivity index (χ3n) is 3.02. The number of rotatable bonds is 7. The van der Waals surface area contributed by atoms with Crippen LogP contribution in [0.4, 0.5) is 0 Å². The summed E-state index contributed by atoms with van der Waals surface area (Å²) in [5, 5.41) is 25.4. The van der Waals surface area contributed by atoms with E-state index in [4.69, 9.17) is 0 Å². The van der Waals surface area contributed by atoms with Gasteiger partial charge in [-0.1, -0.05) is 60.7 Å². The fourth-order valence-corrected chi connectivity index (χ4v) is 1.86. The van der Waals surface area contributed by atoms with Gasteiger partial charge < -0.3 is 10.2 Å². The van der Waals surface area contributed by atoms with Gasteiger partial charge in [0.15, 0.2) is 0 Å². The van der Waals surface area contributed by atoms with E-state index in [9.17, 15) is 10.2 Å². The number of hydrogen-bond donors (Lipinski definition) is 4. The summed E-state index contributed by atoms with van der Waals surface area (Å²) < 4.78 is 0. The summed E-state index contributed by atoms with van der Waals surface area (Å²) in [5.74, 6) is 0. The monoisotopic (exact) mass is 272 g/mol. The average molecular weight is 272 g/mol. The first kappa shape index (κ1) is 14.7. The van der Waals surface area contributed by atoms with E-state index < -0.39 is 12.5 Å². The fraction of sp³-hybridized carbons (Fsp3) is 0.250. The molecule has 2 aromatic rings. The van der Waals surface area contributed by atoms with Crippen molar-refractivity contribution in [3.63, 3.8) is 0 Å². The molecule has 0 aromatic heterocycles. The highest BCUT2D eigenvalue weighted by atomic mass is 16.4. The molecule has 2 rings (SSSR count). The highest BCUT2D eigenvalue weighted by molar-refractivity contribution is 5.15. The van der Waals surface area contributed by atoms with Gasteiger partial charge in [0.25, 0.3) is 0 Å². The van der Waals surface area contributed by atoms with E-state index in [1.54, 1.807) is 0 Å². The second-order valence-electron chi connectivity index (χ2n) is 4.62. The molecule has 0 aliphatic heterocycles. The minimum absolute atomic E-state index is 0.506. The van der Waals surface area contributed by atoms with Crippen LogP contribution in [-0.4, -0.2) is 22.7 Å². The summed E-state index contributed by atoms with van der Waals surface area (Å²) in [5.41, 5.74) is 2.11. The van der Waals surface area contributed by atoms with Crippen molar-refractivity contribution in [1.82, 2.24) is 10.6 Å². The van der Waals surface area contributed by atoms with E-state index >= 15 is 0 Å². The first-order valence-electron chi connectivity index (χ1n) is 6.66. The molecule has 0 saturated carbocycles. The van der Waals surface area contributed by atoms with Gasteiger partial charge in [-0.05, 0) is 11.1 Å². The molecule has 20 heavy (non-hydrogen) atoms. The van der Waals surface area contributed by atoms with Crippen LogP contribution < -0.4 is 10.6 Å². The van der Waals surface area contributed by atoms with E-state index in [1.165, 1.54) is 0 Å². The van der Waals surface area contributed by atoms with Gasteiger partial charge in [-0.25, -0.2) is 0 Å². The quantitative estimate of drug-likeness (QED) is 0.572. The summed E-state index contributed by atoms with van der Waals surface area (Å²) in [4.78, 5) is 0. The van der Waals surface area contributed by atoms with Gasteiger partial charge in [0.05, 0.1) is 0 Å². The minimum Gasteiger partial charge on any atom is -0.374 e. The van der Waals surface area contributed by atoms with Crippen LogP contribution in [0, 0.1) is 0 Å². The SMILES string of the molecule is OC(NCc1ccccc1)C(O)NCc1ccccc1. The van der Waals surface area contributed by atoms with Gasteiger partial charge >= 0.3 is 0 Å². The van der Waals surface area contributed by atoms with E-state index in [0.29, 0.717) is 13.1 Å². The summed E-state index contributed by atoms with van der Waals surface area (Å²) in [6.07, 6.45) is -2.03. The maximum atomic E-state index is 9.83. The van der Waals surface area contributed by atoms with Gasteiger partial charge in [0, 0.05) is 13.1 Å². The van der Waals surface area contributed by atoms with Crippen LogP contribution in [0.15, 0.2) is 60.7 Å². The Balaban J connectivity index is 1.73. The number of aliphatic hydroxyl groups is 2. The predicted molar refractivity (Wildman–Crippen MR) is 78.6 cm³/mol. The fourth-order valence-electron chi connectivity index (χ4n) is 1.86. The molecule has 0 bridgehead atoms. The lowest BCUT2D eigenvalue weighted by Gasteiger charge is -2.20. The van der Waals surface area contributed by atoms with Crippen molar-refractivity contribution in [2.45, 2.75) is 25.5 Å². The molecule has 2 aromatic carbocycles. The Hall–Kier alpha value is -1.72. The largest absolute Gasteiger partial charge is 0.374 e. The summed E-state index contributed by atoms with van der Waals surface area (Å²) >= 11 is 0. The highest BCUT2D eigenvalue weighted by Crippen LogP contribution is 2.00. The number of benzene rings is 2. The Morgan fingerprint density at radius 2 is 1.00 bits per heavy atom. The molecule has 2 unspecified atom stereocenters. The molecule has 2 atom stereocenters. The lowest BCUT2D eigenvalue weighted by molar-refractivity contribution is -0.0229. The minimum atomic E-state index is -1.01. The van der Waals surface area contributed by atoms with E-state index in [1.807, 2.05) is 60.7 Å². The molecule has 0 aliphatic rings. The maximum absolute atomic E-state index is 9.83. The van der Waals surface area contributed by atoms with E-state index in [-0.39, 0.29) is 0 Å². The zero-order valence-electron chi connectivity index (χ0n) is 11.2. The van der Waals surface area contributed by atoms with Crippen molar-refractivity contribution in [3.05, 3.63) is 71.8 Å². The second kappa shape index (κ2) is 7.77. The summed E-state index contributed by atoms with van der Waals surface area (Å²) in [7, 11) is 0. The molecule has 0 heterocycles. The van der Waals surface area contributed by atoms with Crippen molar-refractivity contribution in [2.75, 3.05) is 0 Å². The molecule has 0 radical (unpaired) electrons. The third-order valence-corrected chi connectivity index (χ3v) is 3.02. The van der Waals surface area contributed by atoms with Gasteiger partial charge in [-0.15, -0.1) is 0 Å². The van der Waals surface area contributed by atoms with Crippen molar-refractivity contribution >= 4 is 0 Å². The lowest BCUT2D eigenvalue weighted by atomic mass is 10.2. The molecule has 4 nitrogen and oxygen atoms in total. The van der Waals surface area contributed by atoms with Gasteiger partial charge in [-0.3, -0.25) is 10.6 Å². The van der Waals surface area contributed by atoms with Crippen LogP contribution in [0.1, 0.15) is 11.1 Å². The third kappa shape index (κ3) is 4.75. The van der Waals surface area contributed by atoms with Gasteiger partial charge in [-0.2, -0.15) is 0 Å². The molecule has 4 N–H and O–H groups in total. The molecule has 4 heteroatoms. The Bertz CT molecular complexity index is 443. The molecule has 0 saturated heterocycles. The van der Waals surface area contributed by atoms with Crippen LogP contribution in [0.25, 0.3) is 0 Å². The molecule has 0 fully saturated rings. The topological polar surface area (TPSA) is 64.5 Å². The van der Waals surface area contributed by atoms with Crippen LogP contribution >= 0.6 is 0 Å². The predicted octanol–water partition coefficient (Wildman–Crippen LogP) is 1.20. The first-order chi connectivity index (χ1) is 9.75. The molecule has 0 amide bonds. The maximum Gasteiger partial charge on any atom is 0.144 e. The lowest BCUT2D eigenvalue weighted by Crippen LogP contribution is -2.47. The summed E-state index contributed by atoms with van der Waals surface area (Å²) in [6, 6.07) is 19.5. The molecule has 0 spiro atoms. The van der Waals surface area contributed by atoms with E-state index in [0.717, 1.165) is 11.1 Å². The number of nitrogens with one attached hydrogen (secondary N) is 2. The van der Waals surface area contributed by atoms with Crippen molar-refractivity contribution in [3.8, 4) is 0 Å². The smallest absolute Gasteiger partial charge is 0.144 e. The zero-order valence-corrected chi connectivity index (χ0v) is 11.2. The Labute approximate surface area is 119 Å². The molecular weight excluding hydrogens is 252 g/mol. The Morgan fingerprint density at radius 3 is 1.35 bits per heavy atom. The molecule has 0 aliphatic carbocycles. The van der Waals surface area contributed by atoms with Crippen molar-refractivity contribution < 1.29 is 10.2 Å². The van der Waals surface area contributed by atoms with Crippen LogP contribution in [0.2, 0.25) is 0 Å². The van der Waals surface area contributed by atoms with E-state index in [2.05, 4.69) is 10.6 Å². The zero-order chi connectivity index (χ0) is 14.2. The standard InChI is InChI=1S/C16H20N2O2/c19-15(17-11-13-7-3-1-4-8-13)16(20)18-12-14-9-5-2-6-10-14/h1-10,15-20H,11-12H2. The van der Waals surface area contributed by atoms with Crippen LogP contribution in [-0.2, 0) is 13.1 Å². The molecule has 106 valence electrons. The number of hydrogen-bond acceptors (Lipinski definition) is 4. The van der Waals surface area contributed by atoms with Crippen molar-refractivity contribution in [1.29, 1.82) is 0 Å². The van der Waals surface area contributed by atoms with Crippen LogP contribution in [0.5, 0.6) is 0 Å². The van der Waals surface area contributed by atoms with Gasteiger partial charge in [0.2, 0.25) is 0 Å².